The molecule has 0 unspecified atom stereocenters. The van der Waals surface area contributed by atoms with E-state index in [2.05, 4.69) is 4.98 Å². The second-order valence-electron chi connectivity index (χ2n) is 4.11. The predicted octanol–water partition coefficient (Wildman–Crippen LogP) is 4.62. The lowest BCUT2D eigenvalue weighted by Gasteiger charge is -2.04. The number of nitrogens with zero attached hydrogens (tertiary/aromatic N) is 2. The first kappa shape index (κ1) is 11.6. The fourth-order valence-electron chi connectivity index (χ4n) is 2.13. The van der Waals surface area contributed by atoms with Gasteiger partial charge in [0.15, 0.2) is 5.65 Å². The van der Waals surface area contributed by atoms with Gasteiger partial charge < -0.3 is 0 Å². The van der Waals surface area contributed by atoms with Gasteiger partial charge in [-0.1, -0.05) is 53.5 Å². The van der Waals surface area contributed by atoms with E-state index in [1.807, 2.05) is 47.9 Å². The van der Waals surface area contributed by atoms with E-state index < -0.39 is 0 Å². The van der Waals surface area contributed by atoms with E-state index in [-0.39, 0.29) is 0 Å². The minimum atomic E-state index is 0.563. The Hall–Kier alpha value is -1.51. The van der Waals surface area contributed by atoms with Crippen molar-refractivity contribution in [1.82, 2.24) is 9.38 Å². The molecule has 0 aliphatic heterocycles. The van der Waals surface area contributed by atoms with Gasteiger partial charge in [-0.3, -0.25) is 4.40 Å². The largest absolute Gasteiger partial charge is 0.297 e. The molecule has 2 aromatic heterocycles. The zero-order valence-electron chi connectivity index (χ0n) is 9.69. The van der Waals surface area contributed by atoms with Gasteiger partial charge in [0.1, 0.15) is 0 Å². The standard InChI is InChI=1S/C14H10Cl2N2/c1-9-13(10-5-3-2-4-6-10)18-8-11(15)7-12(16)14(18)17-9/h2-8H,1H3. The van der Waals surface area contributed by atoms with E-state index in [1.165, 1.54) is 0 Å². The van der Waals surface area contributed by atoms with E-state index in [1.54, 1.807) is 6.07 Å². The fraction of sp³-hybridized carbons (Fsp3) is 0.0714. The fourth-order valence-corrected chi connectivity index (χ4v) is 2.64. The molecule has 0 N–H and O–H groups in total. The van der Waals surface area contributed by atoms with Gasteiger partial charge in [-0.15, -0.1) is 0 Å². The van der Waals surface area contributed by atoms with Crippen LogP contribution in [0.15, 0.2) is 42.6 Å². The van der Waals surface area contributed by atoms with E-state index in [0.29, 0.717) is 10.0 Å². The number of fused-ring (bicyclic) bond motifs is 1. The van der Waals surface area contributed by atoms with Crippen LogP contribution in [0.4, 0.5) is 0 Å². The number of aryl methyl sites for hydroxylation is 1. The minimum absolute atomic E-state index is 0.563. The Kier molecular flexibility index (Phi) is 2.77. The van der Waals surface area contributed by atoms with Gasteiger partial charge in [-0.2, -0.15) is 0 Å². The smallest absolute Gasteiger partial charge is 0.156 e. The van der Waals surface area contributed by atoms with Gasteiger partial charge in [0.05, 0.1) is 21.4 Å². The van der Waals surface area contributed by atoms with Crippen molar-refractivity contribution < 1.29 is 0 Å². The SMILES string of the molecule is Cc1nc2c(Cl)cc(Cl)cn2c1-c1ccccc1. The summed E-state index contributed by atoms with van der Waals surface area (Å²) in [5.74, 6) is 0. The monoisotopic (exact) mass is 276 g/mol. The molecule has 3 aromatic rings. The summed E-state index contributed by atoms with van der Waals surface area (Å²) in [4.78, 5) is 4.50. The molecule has 4 heteroatoms. The topological polar surface area (TPSA) is 17.3 Å². The summed E-state index contributed by atoms with van der Waals surface area (Å²) >= 11 is 12.2. The van der Waals surface area contributed by atoms with Gasteiger partial charge in [-0.05, 0) is 13.0 Å². The first-order chi connectivity index (χ1) is 8.66. The molecule has 0 saturated heterocycles. The first-order valence-electron chi connectivity index (χ1n) is 5.56. The predicted molar refractivity (Wildman–Crippen MR) is 75.4 cm³/mol. The zero-order chi connectivity index (χ0) is 12.7. The van der Waals surface area contributed by atoms with Crippen LogP contribution in [-0.4, -0.2) is 9.38 Å². The quantitative estimate of drug-likeness (QED) is 0.634. The van der Waals surface area contributed by atoms with Gasteiger partial charge >= 0.3 is 0 Å². The van der Waals surface area contributed by atoms with Crippen LogP contribution in [0.3, 0.4) is 0 Å². The van der Waals surface area contributed by atoms with Crippen LogP contribution >= 0.6 is 23.2 Å². The molecule has 90 valence electrons. The van der Waals surface area contributed by atoms with Crippen LogP contribution in [0.5, 0.6) is 0 Å². The minimum Gasteiger partial charge on any atom is -0.297 e. The Balaban J connectivity index is 2.39. The average molecular weight is 277 g/mol. The molecule has 0 amide bonds. The van der Waals surface area contributed by atoms with E-state index in [9.17, 15) is 0 Å². The highest BCUT2D eigenvalue weighted by Gasteiger charge is 2.13. The van der Waals surface area contributed by atoms with Gasteiger partial charge in [0.2, 0.25) is 0 Å². The summed E-state index contributed by atoms with van der Waals surface area (Å²) in [5, 5.41) is 1.16. The second-order valence-corrected chi connectivity index (χ2v) is 4.96. The Morgan fingerprint density at radius 1 is 1.11 bits per heavy atom. The second kappa shape index (κ2) is 4.30. The number of pyridine rings is 1. The van der Waals surface area contributed by atoms with Gasteiger partial charge in [-0.25, -0.2) is 4.98 Å². The summed E-state index contributed by atoms with van der Waals surface area (Å²) in [6, 6.07) is 11.8. The highest BCUT2D eigenvalue weighted by atomic mass is 35.5. The highest BCUT2D eigenvalue weighted by Crippen LogP contribution is 2.29. The van der Waals surface area contributed by atoms with Crippen LogP contribution in [0, 0.1) is 6.92 Å². The van der Waals surface area contributed by atoms with Gasteiger partial charge in [0.25, 0.3) is 0 Å². The number of aromatic nitrogens is 2. The maximum Gasteiger partial charge on any atom is 0.156 e. The number of imidazole rings is 1. The Morgan fingerprint density at radius 3 is 2.56 bits per heavy atom. The van der Waals surface area contributed by atoms with Crippen molar-refractivity contribution in [2.75, 3.05) is 0 Å². The molecular weight excluding hydrogens is 267 g/mol. The van der Waals surface area contributed by atoms with Crippen molar-refractivity contribution in [2.45, 2.75) is 6.92 Å². The highest BCUT2D eigenvalue weighted by molar-refractivity contribution is 6.36. The van der Waals surface area contributed by atoms with Crippen molar-refractivity contribution in [3.8, 4) is 11.3 Å². The third-order valence-electron chi connectivity index (χ3n) is 2.86. The molecule has 0 aliphatic rings. The summed E-state index contributed by atoms with van der Waals surface area (Å²) in [6.45, 7) is 1.97. The summed E-state index contributed by atoms with van der Waals surface area (Å²) < 4.78 is 1.94. The molecule has 2 nitrogen and oxygen atoms in total. The van der Waals surface area contributed by atoms with E-state index in [4.69, 9.17) is 23.2 Å². The van der Waals surface area contributed by atoms with Crippen molar-refractivity contribution in [1.29, 1.82) is 0 Å². The number of hydrogen-bond acceptors (Lipinski definition) is 1. The summed E-state index contributed by atoms with van der Waals surface area (Å²) in [5.41, 5.74) is 3.79. The van der Waals surface area contributed by atoms with Crippen LogP contribution in [0.25, 0.3) is 16.9 Å². The van der Waals surface area contributed by atoms with Gasteiger partial charge in [0, 0.05) is 11.8 Å². The third-order valence-corrected chi connectivity index (χ3v) is 3.35. The number of rotatable bonds is 1. The molecule has 1 aromatic carbocycles. The van der Waals surface area contributed by atoms with Crippen LogP contribution in [0.2, 0.25) is 10.0 Å². The van der Waals surface area contributed by atoms with Crippen molar-refractivity contribution in [3.63, 3.8) is 0 Å². The third kappa shape index (κ3) is 1.78. The molecule has 2 heterocycles. The molecule has 0 radical (unpaired) electrons. The molecular formula is C14H10Cl2N2. The molecule has 18 heavy (non-hydrogen) atoms. The Morgan fingerprint density at radius 2 is 1.83 bits per heavy atom. The lowest BCUT2D eigenvalue weighted by atomic mass is 10.1. The lowest BCUT2D eigenvalue weighted by Crippen LogP contribution is -1.89. The van der Waals surface area contributed by atoms with Crippen LogP contribution in [-0.2, 0) is 0 Å². The molecule has 0 bridgehead atoms. The van der Waals surface area contributed by atoms with Crippen LogP contribution < -0.4 is 0 Å². The maximum absolute atomic E-state index is 6.17. The number of halogens is 2. The van der Waals surface area contributed by atoms with Crippen molar-refractivity contribution in [2.24, 2.45) is 0 Å². The number of benzene rings is 1. The van der Waals surface area contributed by atoms with E-state index in [0.717, 1.165) is 22.6 Å². The normalized spacial score (nSPS) is 11.1. The molecule has 0 aliphatic carbocycles. The molecule has 0 spiro atoms. The summed E-state index contributed by atoms with van der Waals surface area (Å²) in [7, 11) is 0. The first-order valence-corrected chi connectivity index (χ1v) is 6.31. The Labute approximate surface area is 115 Å². The molecule has 3 rings (SSSR count). The van der Waals surface area contributed by atoms with Crippen molar-refractivity contribution >= 4 is 28.8 Å². The lowest BCUT2D eigenvalue weighted by molar-refractivity contribution is 1.19. The van der Waals surface area contributed by atoms with Crippen molar-refractivity contribution in [3.05, 3.63) is 58.3 Å². The molecule has 0 fully saturated rings. The van der Waals surface area contributed by atoms with Crippen LogP contribution in [0.1, 0.15) is 5.69 Å². The maximum atomic E-state index is 6.17. The molecule has 0 atom stereocenters. The zero-order valence-corrected chi connectivity index (χ0v) is 11.2. The average Bonchev–Trinajstić information content (AvgIpc) is 2.67. The Bertz CT molecular complexity index is 717. The summed E-state index contributed by atoms with van der Waals surface area (Å²) in [6.07, 6.45) is 1.84. The molecule has 0 saturated carbocycles. The van der Waals surface area contributed by atoms with E-state index >= 15 is 0 Å². The number of hydrogen-bond donors (Lipinski definition) is 0.